The van der Waals surface area contributed by atoms with Gasteiger partial charge in [-0.25, -0.2) is 4.39 Å². The van der Waals surface area contributed by atoms with Crippen molar-refractivity contribution in [2.75, 3.05) is 11.4 Å². The van der Waals surface area contributed by atoms with Gasteiger partial charge in [-0.1, -0.05) is 12.1 Å². The molecule has 0 saturated carbocycles. The van der Waals surface area contributed by atoms with Crippen LogP contribution in [0, 0.1) is 26.6 Å². The first-order valence-corrected chi connectivity index (χ1v) is 8.55. The highest BCUT2D eigenvalue weighted by Gasteiger charge is 2.20. The van der Waals surface area contributed by atoms with Crippen LogP contribution in [-0.2, 0) is 11.2 Å². The number of aryl methyl sites for hydroxylation is 3. The van der Waals surface area contributed by atoms with Crippen LogP contribution < -0.4 is 4.90 Å². The average Bonchev–Trinajstić information content (AvgIpc) is 2.87. The summed E-state index contributed by atoms with van der Waals surface area (Å²) in [5.41, 5.74) is 5.77. The zero-order valence-corrected chi connectivity index (χ0v) is 15.1. The largest absolute Gasteiger partial charge is 0.358 e. The molecule has 1 heterocycles. The molecule has 0 aliphatic heterocycles. The van der Waals surface area contributed by atoms with Crippen LogP contribution >= 0.6 is 0 Å². The predicted octanol–water partition coefficient (Wildman–Crippen LogP) is 4.83. The number of carbonyl (C=O) groups is 1. The number of nitrogens with zero attached hydrogens (tertiary/aromatic N) is 1. The first-order valence-electron chi connectivity index (χ1n) is 8.55. The number of rotatable bonds is 4. The number of fused-ring (bicyclic) bond motifs is 1. The van der Waals surface area contributed by atoms with Gasteiger partial charge >= 0.3 is 0 Å². The molecule has 0 saturated heterocycles. The van der Waals surface area contributed by atoms with Crippen molar-refractivity contribution < 1.29 is 9.18 Å². The van der Waals surface area contributed by atoms with E-state index >= 15 is 0 Å². The van der Waals surface area contributed by atoms with E-state index in [0.29, 0.717) is 6.54 Å². The third-order valence-corrected chi connectivity index (χ3v) is 4.68. The number of hydrogen-bond donors (Lipinski definition) is 1. The predicted molar refractivity (Wildman–Crippen MR) is 101 cm³/mol. The number of benzene rings is 2. The van der Waals surface area contributed by atoms with Crippen LogP contribution in [0.4, 0.5) is 10.1 Å². The third kappa shape index (κ3) is 3.29. The van der Waals surface area contributed by atoms with Gasteiger partial charge in [0.05, 0.1) is 6.42 Å². The molecule has 0 aliphatic carbocycles. The number of nitrogens with one attached hydrogen (secondary N) is 1. The third-order valence-electron chi connectivity index (χ3n) is 4.68. The highest BCUT2D eigenvalue weighted by molar-refractivity contribution is 5.98. The molecule has 0 bridgehead atoms. The Labute approximate surface area is 147 Å². The molecule has 3 rings (SSSR count). The van der Waals surface area contributed by atoms with Crippen molar-refractivity contribution in [3.63, 3.8) is 0 Å². The molecule has 3 aromatic rings. The second-order valence-electron chi connectivity index (χ2n) is 6.52. The van der Waals surface area contributed by atoms with E-state index in [-0.39, 0.29) is 18.1 Å². The zero-order valence-electron chi connectivity index (χ0n) is 15.1. The first kappa shape index (κ1) is 17.2. The van der Waals surface area contributed by atoms with Crippen LogP contribution in [0.5, 0.6) is 0 Å². The topological polar surface area (TPSA) is 36.1 Å². The minimum Gasteiger partial charge on any atom is -0.358 e. The number of aromatic nitrogens is 1. The summed E-state index contributed by atoms with van der Waals surface area (Å²) in [5.74, 6) is -0.272. The highest BCUT2D eigenvalue weighted by atomic mass is 19.1. The van der Waals surface area contributed by atoms with Gasteiger partial charge in [-0.2, -0.15) is 0 Å². The molecule has 0 spiro atoms. The van der Waals surface area contributed by atoms with Crippen LogP contribution in [0.1, 0.15) is 29.3 Å². The van der Waals surface area contributed by atoms with Crippen LogP contribution in [-0.4, -0.2) is 17.4 Å². The highest BCUT2D eigenvalue weighted by Crippen LogP contribution is 2.26. The van der Waals surface area contributed by atoms with Crippen molar-refractivity contribution in [2.24, 2.45) is 0 Å². The van der Waals surface area contributed by atoms with E-state index in [2.05, 4.69) is 4.98 Å². The number of hydrogen-bond acceptors (Lipinski definition) is 1. The summed E-state index contributed by atoms with van der Waals surface area (Å²) >= 11 is 0. The maximum absolute atomic E-state index is 13.6. The molecule has 0 aliphatic rings. The minimum absolute atomic E-state index is 0.0180. The maximum Gasteiger partial charge on any atom is 0.231 e. The summed E-state index contributed by atoms with van der Waals surface area (Å²) < 4.78 is 13.6. The molecule has 1 aromatic heterocycles. The van der Waals surface area contributed by atoms with Gasteiger partial charge in [-0.3, -0.25) is 4.79 Å². The molecule has 1 amide bonds. The monoisotopic (exact) mass is 338 g/mol. The molecule has 3 nitrogen and oxygen atoms in total. The molecule has 0 fully saturated rings. The molecule has 0 unspecified atom stereocenters. The van der Waals surface area contributed by atoms with E-state index < -0.39 is 0 Å². The first-order chi connectivity index (χ1) is 11.9. The lowest BCUT2D eigenvalue weighted by Gasteiger charge is -2.23. The van der Waals surface area contributed by atoms with Crippen molar-refractivity contribution >= 4 is 22.5 Å². The second-order valence-corrected chi connectivity index (χ2v) is 6.52. The molecular weight excluding hydrogens is 315 g/mol. The number of amides is 1. The lowest BCUT2D eigenvalue weighted by Crippen LogP contribution is -2.32. The van der Waals surface area contributed by atoms with Crippen molar-refractivity contribution in [2.45, 2.75) is 34.1 Å². The van der Waals surface area contributed by atoms with E-state index in [1.807, 2.05) is 45.9 Å². The molecule has 1 N–H and O–H groups in total. The van der Waals surface area contributed by atoms with Gasteiger partial charge in [0.2, 0.25) is 5.91 Å². The van der Waals surface area contributed by atoms with E-state index in [9.17, 15) is 9.18 Å². The van der Waals surface area contributed by atoms with Gasteiger partial charge in [0.15, 0.2) is 0 Å². The van der Waals surface area contributed by atoms with Gasteiger partial charge in [0.25, 0.3) is 0 Å². The molecule has 0 radical (unpaired) electrons. The van der Waals surface area contributed by atoms with Crippen LogP contribution in [0.15, 0.2) is 36.4 Å². The Morgan fingerprint density at radius 2 is 1.88 bits per heavy atom. The zero-order chi connectivity index (χ0) is 18.1. The molecule has 130 valence electrons. The number of H-pyrrole nitrogens is 1. The normalized spacial score (nSPS) is 11.1. The fourth-order valence-electron chi connectivity index (χ4n) is 3.32. The van der Waals surface area contributed by atoms with E-state index in [4.69, 9.17) is 0 Å². The molecule has 2 aromatic carbocycles. The standard InChI is InChI=1S/C21H23FN2O/c1-5-24(20-10-13(2)6-7-14(20)3)21(25)12-17-15(4)23-19-9-8-16(22)11-18(17)19/h6-11,23H,5,12H2,1-4H3. The Morgan fingerprint density at radius 3 is 2.60 bits per heavy atom. The van der Waals surface area contributed by atoms with E-state index in [1.54, 1.807) is 11.0 Å². The number of halogens is 1. The van der Waals surface area contributed by atoms with Gasteiger partial charge in [-0.05, 0) is 68.7 Å². The summed E-state index contributed by atoms with van der Waals surface area (Å²) in [6, 6.07) is 10.8. The van der Waals surface area contributed by atoms with Crippen LogP contribution in [0.2, 0.25) is 0 Å². The molecular formula is C21H23FN2O. The molecule has 25 heavy (non-hydrogen) atoms. The summed E-state index contributed by atoms with van der Waals surface area (Å²) in [7, 11) is 0. The van der Waals surface area contributed by atoms with Crippen LogP contribution in [0.3, 0.4) is 0 Å². The quantitative estimate of drug-likeness (QED) is 0.727. The Morgan fingerprint density at radius 1 is 1.12 bits per heavy atom. The lowest BCUT2D eigenvalue weighted by atomic mass is 10.1. The number of anilines is 1. The minimum atomic E-state index is -0.290. The SMILES string of the molecule is CCN(C(=O)Cc1c(C)[nH]c2ccc(F)cc12)c1cc(C)ccc1C. The van der Waals surface area contributed by atoms with E-state index in [1.165, 1.54) is 12.1 Å². The Balaban J connectivity index is 1.97. The molecule has 4 heteroatoms. The average molecular weight is 338 g/mol. The van der Waals surface area contributed by atoms with Crippen LogP contribution in [0.25, 0.3) is 10.9 Å². The summed E-state index contributed by atoms with van der Waals surface area (Å²) in [5, 5.41) is 0.780. The maximum atomic E-state index is 13.6. The fourth-order valence-corrected chi connectivity index (χ4v) is 3.32. The van der Waals surface area contributed by atoms with Gasteiger partial charge < -0.3 is 9.88 Å². The summed E-state index contributed by atoms with van der Waals surface area (Å²) in [6.45, 7) is 8.53. The Kier molecular flexibility index (Phi) is 4.62. The van der Waals surface area contributed by atoms with Crippen molar-refractivity contribution in [3.05, 3.63) is 64.6 Å². The summed E-state index contributed by atoms with van der Waals surface area (Å²) in [6.07, 6.45) is 0.247. The summed E-state index contributed by atoms with van der Waals surface area (Å²) in [4.78, 5) is 18.0. The van der Waals surface area contributed by atoms with Gasteiger partial charge in [0, 0.05) is 28.8 Å². The molecule has 0 atom stereocenters. The van der Waals surface area contributed by atoms with E-state index in [0.717, 1.165) is 39.0 Å². The Hall–Kier alpha value is -2.62. The second kappa shape index (κ2) is 6.71. The smallest absolute Gasteiger partial charge is 0.231 e. The van der Waals surface area contributed by atoms with Crippen molar-refractivity contribution in [3.8, 4) is 0 Å². The Bertz CT molecular complexity index is 942. The number of carbonyl (C=O) groups excluding carboxylic acids is 1. The van der Waals surface area contributed by atoms with Crippen molar-refractivity contribution in [1.29, 1.82) is 0 Å². The van der Waals surface area contributed by atoms with Gasteiger partial charge in [0.1, 0.15) is 5.82 Å². The van der Waals surface area contributed by atoms with Gasteiger partial charge in [-0.15, -0.1) is 0 Å². The number of aromatic amines is 1. The van der Waals surface area contributed by atoms with Crippen molar-refractivity contribution in [1.82, 2.24) is 4.98 Å². The number of likely N-dealkylation sites (N-methyl/N-ethyl adjacent to an activating group) is 1. The fraction of sp³-hybridized carbons (Fsp3) is 0.286. The lowest BCUT2D eigenvalue weighted by molar-refractivity contribution is -0.117.